The maximum atomic E-state index is 5.56. The minimum Gasteiger partial charge on any atom is -0.331 e. The molecule has 2 unspecified atom stereocenters. The second-order valence-corrected chi connectivity index (χ2v) is 2.38. The van der Waals surface area contributed by atoms with E-state index < -0.39 is 0 Å². The minimum absolute atomic E-state index is 0.430. The third-order valence-electron chi connectivity index (χ3n) is 1.50. The van der Waals surface area contributed by atoms with E-state index in [0.717, 1.165) is 6.42 Å². The molecule has 1 aliphatic carbocycles. The third-order valence-corrected chi connectivity index (χ3v) is 1.50. The summed E-state index contributed by atoms with van der Waals surface area (Å²) in [7, 11) is 0. The average Bonchev–Trinajstić information content (AvgIpc) is 2.48. The predicted octanol–water partition coefficient (Wildman–Crippen LogP) is -0.355. The fourth-order valence-corrected chi connectivity index (χ4v) is 0.742. The molecule has 5 N–H and O–H groups in total. The summed E-state index contributed by atoms with van der Waals surface area (Å²) in [6, 6.07) is 0.430. The molecule has 2 nitrogen and oxygen atoms in total. The van der Waals surface area contributed by atoms with Crippen molar-refractivity contribution >= 4 is 0 Å². The zero-order valence-electron chi connectivity index (χ0n) is 5.46. The predicted molar refractivity (Wildman–Crippen MR) is 37.3 cm³/mol. The number of hydrogen-bond acceptors (Lipinski definition) is 1. The summed E-state index contributed by atoms with van der Waals surface area (Å²) in [6.07, 6.45) is 8.98. The number of hydrogen-bond donors (Lipinski definition) is 2. The van der Waals surface area contributed by atoms with Crippen LogP contribution in [0.25, 0.3) is 0 Å². The number of allylic oxidation sites excluding steroid dienone is 2. The fourth-order valence-electron chi connectivity index (χ4n) is 0.742. The van der Waals surface area contributed by atoms with Gasteiger partial charge in [-0.05, 0) is 18.4 Å². The molecule has 0 aromatic carbocycles. The van der Waals surface area contributed by atoms with Crippen LogP contribution in [0.15, 0.2) is 24.4 Å². The molecule has 1 aliphatic rings. The van der Waals surface area contributed by atoms with Crippen LogP contribution in [-0.2, 0) is 0 Å². The Hall–Kier alpha value is -0.600. The molecule has 9 heavy (non-hydrogen) atoms. The maximum Gasteiger partial charge on any atom is 0.0909 e. The van der Waals surface area contributed by atoms with Gasteiger partial charge < -0.3 is 11.5 Å². The van der Waals surface area contributed by atoms with Crippen molar-refractivity contribution in [2.75, 3.05) is 0 Å². The van der Waals surface area contributed by atoms with Gasteiger partial charge in [-0.15, -0.1) is 0 Å². The molecule has 1 fully saturated rings. The van der Waals surface area contributed by atoms with Crippen LogP contribution in [0, 0.1) is 5.92 Å². The van der Waals surface area contributed by atoms with Crippen LogP contribution in [-0.4, -0.2) is 6.04 Å². The standard InChI is InChI=1S/C7H12N2/c8-4-2-1-3-6-5-7(6)9/h1-4,6-7H,5,8-9H2/p+1. The van der Waals surface area contributed by atoms with Gasteiger partial charge in [0.05, 0.1) is 6.20 Å². The first-order valence-corrected chi connectivity index (χ1v) is 3.22. The Balaban J connectivity index is 2.18. The van der Waals surface area contributed by atoms with E-state index in [1.807, 2.05) is 12.2 Å². The molecule has 0 aromatic heterocycles. The van der Waals surface area contributed by atoms with Crippen LogP contribution in [0.2, 0.25) is 0 Å². The molecule has 2 atom stereocenters. The first-order chi connectivity index (χ1) is 4.34. The molecule has 0 radical (unpaired) electrons. The van der Waals surface area contributed by atoms with Crippen molar-refractivity contribution in [3.8, 4) is 0 Å². The Morgan fingerprint density at radius 1 is 1.44 bits per heavy atom. The van der Waals surface area contributed by atoms with E-state index in [-0.39, 0.29) is 0 Å². The quantitative estimate of drug-likeness (QED) is 0.487. The summed E-state index contributed by atoms with van der Waals surface area (Å²) in [5.41, 5.74) is 9.12. The van der Waals surface area contributed by atoms with Crippen molar-refractivity contribution in [2.45, 2.75) is 12.5 Å². The highest BCUT2D eigenvalue weighted by atomic mass is 14.7. The summed E-state index contributed by atoms with van der Waals surface area (Å²) < 4.78 is 0. The van der Waals surface area contributed by atoms with Crippen molar-refractivity contribution in [3.63, 3.8) is 0 Å². The van der Waals surface area contributed by atoms with Crippen molar-refractivity contribution in [1.82, 2.24) is 0 Å². The highest BCUT2D eigenvalue weighted by molar-refractivity contribution is 5.10. The number of nitrogens with two attached hydrogens (primary N) is 1. The van der Waals surface area contributed by atoms with Crippen LogP contribution < -0.4 is 11.5 Å². The van der Waals surface area contributed by atoms with E-state index in [0.29, 0.717) is 12.0 Å². The highest BCUT2D eigenvalue weighted by Crippen LogP contribution is 2.28. The molecule has 2 heteroatoms. The third kappa shape index (κ3) is 2.00. The summed E-state index contributed by atoms with van der Waals surface area (Å²) in [5.74, 6) is 0.640. The van der Waals surface area contributed by atoms with Crippen LogP contribution in [0.5, 0.6) is 0 Å². The van der Waals surface area contributed by atoms with Crippen molar-refractivity contribution < 1.29 is 5.73 Å². The maximum absolute atomic E-state index is 5.56. The van der Waals surface area contributed by atoms with Gasteiger partial charge in [0.25, 0.3) is 0 Å². The Morgan fingerprint density at radius 2 is 2.11 bits per heavy atom. The van der Waals surface area contributed by atoms with Gasteiger partial charge in [-0.2, -0.15) is 0 Å². The monoisotopic (exact) mass is 125 g/mol. The van der Waals surface area contributed by atoms with Gasteiger partial charge in [-0.1, -0.05) is 12.2 Å². The molecule has 0 aliphatic heterocycles. The van der Waals surface area contributed by atoms with Crippen molar-refractivity contribution in [1.29, 1.82) is 0 Å². The zero-order chi connectivity index (χ0) is 6.69. The molecule has 1 rings (SSSR count). The highest BCUT2D eigenvalue weighted by Gasteiger charge is 2.29. The molecule has 0 heterocycles. The van der Waals surface area contributed by atoms with Crippen LogP contribution in [0.4, 0.5) is 0 Å². The second kappa shape index (κ2) is 2.80. The summed E-state index contributed by atoms with van der Waals surface area (Å²) in [4.78, 5) is 0. The lowest BCUT2D eigenvalue weighted by Gasteiger charge is -1.77. The Morgan fingerprint density at radius 3 is 2.56 bits per heavy atom. The molecular weight excluding hydrogens is 112 g/mol. The first kappa shape index (κ1) is 6.52. The van der Waals surface area contributed by atoms with Gasteiger partial charge in [0, 0.05) is 6.04 Å². The van der Waals surface area contributed by atoms with Gasteiger partial charge in [0.1, 0.15) is 0 Å². The van der Waals surface area contributed by atoms with Crippen LogP contribution >= 0.6 is 0 Å². The number of rotatable bonds is 2. The Kier molecular flexibility index (Phi) is 2.03. The lowest BCUT2D eigenvalue weighted by molar-refractivity contribution is -0.274. The molecule has 0 amide bonds. The Bertz CT molecular complexity index is 138. The van der Waals surface area contributed by atoms with Crippen molar-refractivity contribution in [3.05, 3.63) is 24.4 Å². The smallest absolute Gasteiger partial charge is 0.0909 e. The minimum atomic E-state index is 0.430. The van der Waals surface area contributed by atoms with Crippen LogP contribution in [0.3, 0.4) is 0 Å². The zero-order valence-corrected chi connectivity index (χ0v) is 5.46. The van der Waals surface area contributed by atoms with Gasteiger partial charge in [0.2, 0.25) is 0 Å². The second-order valence-electron chi connectivity index (χ2n) is 2.38. The van der Waals surface area contributed by atoms with E-state index in [1.165, 1.54) is 0 Å². The largest absolute Gasteiger partial charge is 0.331 e. The van der Waals surface area contributed by atoms with E-state index in [2.05, 4.69) is 11.8 Å². The fraction of sp³-hybridized carbons (Fsp3) is 0.429. The average molecular weight is 125 g/mol. The Labute approximate surface area is 55.2 Å². The molecule has 0 spiro atoms. The van der Waals surface area contributed by atoms with Crippen LogP contribution in [0.1, 0.15) is 6.42 Å². The molecular formula is C7H13N2+. The lowest BCUT2D eigenvalue weighted by Crippen LogP contribution is -2.38. The van der Waals surface area contributed by atoms with Gasteiger partial charge in [0.15, 0.2) is 0 Å². The summed E-state index contributed by atoms with van der Waals surface area (Å²) in [5, 5.41) is 0. The topological polar surface area (TPSA) is 53.7 Å². The molecule has 0 saturated heterocycles. The van der Waals surface area contributed by atoms with E-state index in [1.54, 1.807) is 6.20 Å². The SMILES string of the molecule is NC1CC1C=CC=C[NH3+]. The summed E-state index contributed by atoms with van der Waals surface area (Å²) >= 11 is 0. The number of quaternary nitrogens is 1. The van der Waals surface area contributed by atoms with E-state index in [4.69, 9.17) is 5.73 Å². The van der Waals surface area contributed by atoms with Gasteiger partial charge >= 0.3 is 0 Å². The lowest BCUT2D eigenvalue weighted by atomic mass is 10.3. The molecule has 0 bridgehead atoms. The van der Waals surface area contributed by atoms with E-state index in [9.17, 15) is 0 Å². The van der Waals surface area contributed by atoms with Gasteiger partial charge in [-0.25, -0.2) is 0 Å². The van der Waals surface area contributed by atoms with E-state index >= 15 is 0 Å². The van der Waals surface area contributed by atoms with Crippen molar-refractivity contribution in [2.24, 2.45) is 11.7 Å². The summed E-state index contributed by atoms with van der Waals surface area (Å²) in [6.45, 7) is 0. The molecule has 0 aromatic rings. The molecule has 50 valence electrons. The normalized spacial score (nSPS) is 34.4. The van der Waals surface area contributed by atoms with Gasteiger partial charge in [-0.3, -0.25) is 0 Å². The molecule has 1 saturated carbocycles. The first-order valence-electron chi connectivity index (χ1n) is 3.22.